The minimum Gasteiger partial charge on any atom is -0.389 e. The molecule has 116 valence electrons. The molecule has 0 spiro atoms. The largest absolute Gasteiger partial charge is 0.389 e. The number of hydrogen-bond donors (Lipinski definition) is 1. The van der Waals surface area contributed by atoms with Crippen molar-refractivity contribution in [2.75, 3.05) is 32.6 Å². The fourth-order valence-corrected chi connectivity index (χ4v) is 3.71. The van der Waals surface area contributed by atoms with Crippen LogP contribution in [0.1, 0.15) is 12.0 Å². The van der Waals surface area contributed by atoms with Gasteiger partial charge in [0.15, 0.2) is 9.84 Å². The molecule has 1 fully saturated rings. The van der Waals surface area contributed by atoms with E-state index >= 15 is 0 Å². The summed E-state index contributed by atoms with van der Waals surface area (Å²) < 4.78 is 29.9. The van der Waals surface area contributed by atoms with Crippen molar-refractivity contribution < 1.29 is 13.2 Å². The van der Waals surface area contributed by atoms with Gasteiger partial charge in [0.2, 0.25) is 0 Å². The van der Waals surface area contributed by atoms with Crippen LogP contribution in [0.5, 0.6) is 0 Å². The first-order valence-electron chi connectivity index (χ1n) is 6.81. The normalized spacial score (nSPS) is 19.0. The van der Waals surface area contributed by atoms with Crippen LogP contribution in [-0.4, -0.2) is 56.9 Å². The quantitative estimate of drug-likeness (QED) is 0.779. The number of rotatable bonds is 6. The summed E-state index contributed by atoms with van der Waals surface area (Å²) in [6.07, 6.45) is 0.958. The molecule has 1 aromatic carbocycles. The molecule has 0 bridgehead atoms. The number of nitrogens with two attached hydrogens (primary N) is 1. The third-order valence-corrected chi connectivity index (χ3v) is 5.69. The highest BCUT2D eigenvalue weighted by Gasteiger charge is 2.22. The van der Waals surface area contributed by atoms with E-state index in [9.17, 15) is 8.42 Å². The first-order valence-corrected chi connectivity index (χ1v) is 8.87. The Balaban J connectivity index is 1.99. The Kier molecular flexibility index (Phi) is 5.32. The molecule has 1 aromatic rings. The second-order valence-corrected chi connectivity index (χ2v) is 7.75. The lowest BCUT2D eigenvalue weighted by atomic mass is 10.2. The third-order valence-electron chi connectivity index (χ3n) is 3.74. The van der Waals surface area contributed by atoms with E-state index in [-0.39, 0.29) is 10.7 Å². The highest BCUT2D eigenvalue weighted by Crippen LogP contribution is 2.15. The summed E-state index contributed by atoms with van der Waals surface area (Å²) in [5, 5.41) is 0. The average Bonchev–Trinajstić information content (AvgIpc) is 2.99. The monoisotopic (exact) mass is 328 g/mol. The van der Waals surface area contributed by atoms with Gasteiger partial charge in [-0.05, 0) is 25.6 Å². The Bertz CT molecular complexity index is 593. The van der Waals surface area contributed by atoms with Gasteiger partial charge in [-0.25, -0.2) is 8.42 Å². The average molecular weight is 328 g/mol. The molecule has 0 aromatic heterocycles. The van der Waals surface area contributed by atoms with Gasteiger partial charge in [-0.2, -0.15) is 0 Å². The summed E-state index contributed by atoms with van der Waals surface area (Å²) in [5.41, 5.74) is 6.18. The molecular weight excluding hydrogens is 308 g/mol. The summed E-state index contributed by atoms with van der Waals surface area (Å²) in [6, 6.07) is 6.72. The van der Waals surface area contributed by atoms with Gasteiger partial charge in [0.25, 0.3) is 0 Å². The molecule has 21 heavy (non-hydrogen) atoms. The zero-order valence-electron chi connectivity index (χ0n) is 12.0. The topological polar surface area (TPSA) is 72.6 Å². The van der Waals surface area contributed by atoms with Gasteiger partial charge in [0.05, 0.1) is 17.3 Å². The number of nitrogens with zero attached hydrogens (tertiary/aromatic N) is 1. The maximum atomic E-state index is 12.3. The van der Waals surface area contributed by atoms with E-state index in [1.54, 1.807) is 24.3 Å². The molecule has 1 aliphatic rings. The van der Waals surface area contributed by atoms with Crippen LogP contribution >= 0.6 is 12.2 Å². The molecule has 5 nitrogen and oxygen atoms in total. The highest BCUT2D eigenvalue weighted by atomic mass is 32.2. The van der Waals surface area contributed by atoms with Crippen molar-refractivity contribution in [1.82, 2.24) is 4.90 Å². The van der Waals surface area contributed by atoms with Crippen LogP contribution < -0.4 is 5.73 Å². The van der Waals surface area contributed by atoms with Gasteiger partial charge in [0, 0.05) is 24.8 Å². The smallest absolute Gasteiger partial charge is 0.179 e. The number of likely N-dealkylation sites (N-methyl/N-ethyl adjacent to an activating group) is 1. The number of thiocarbonyl (C=S) groups is 1. The Hall–Kier alpha value is -1.02. The molecule has 1 aliphatic heterocycles. The zero-order chi connectivity index (χ0) is 15.5. The van der Waals surface area contributed by atoms with Crippen LogP contribution in [0.25, 0.3) is 0 Å². The van der Waals surface area contributed by atoms with Crippen molar-refractivity contribution in [3.8, 4) is 0 Å². The second-order valence-electron chi connectivity index (χ2n) is 5.21. The molecule has 2 N–H and O–H groups in total. The van der Waals surface area contributed by atoms with Gasteiger partial charge >= 0.3 is 0 Å². The number of sulfone groups is 1. The summed E-state index contributed by atoms with van der Waals surface area (Å²) in [7, 11) is -1.36. The fraction of sp³-hybridized carbons (Fsp3) is 0.500. The third kappa shape index (κ3) is 4.23. The lowest BCUT2D eigenvalue weighted by Gasteiger charge is -2.22. The summed E-state index contributed by atoms with van der Waals surface area (Å²) in [5.74, 6) is 0.0897. The lowest BCUT2D eigenvalue weighted by Crippen LogP contribution is -2.35. The van der Waals surface area contributed by atoms with Crippen molar-refractivity contribution in [1.29, 1.82) is 0 Å². The number of hydrogen-bond acceptors (Lipinski definition) is 5. The minimum absolute atomic E-state index is 0.0897. The highest BCUT2D eigenvalue weighted by molar-refractivity contribution is 7.91. The summed E-state index contributed by atoms with van der Waals surface area (Å²) >= 11 is 4.86. The first-order chi connectivity index (χ1) is 9.90. The van der Waals surface area contributed by atoms with E-state index in [2.05, 4.69) is 0 Å². The van der Waals surface area contributed by atoms with Crippen molar-refractivity contribution >= 4 is 27.0 Å². The SMILES string of the molecule is CN(CCS(=O)(=O)c1ccc(C(N)=S)cc1)C1CCOC1. The molecule has 1 unspecified atom stereocenters. The van der Waals surface area contributed by atoms with Crippen LogP contribution in [0, 0.1) is 0 Å². The molecule has 0 saturated carbocycles. The Morgan fingerprint density at radius 3 is 2.62 bits per heavy atom. The van der Waals surface area contributed by atoms with Gasteiger partial charge < -0.3 is 15.4 Å². The minimum atomic E-state index is -3.29. The van der Waals surface area contributed by atoms with E-state index in [4.69, 9.17) is 22.7 Å². The maximum absolute atomic E-state index is 12.3. The Morgan fingerprint density at radius 1 is 1.43 bits per heavy atom. The molecule has 1 heterocycles. The van der Waals surface area contributed by atoms with Gasteiger partial charge in [0.1, 0.15) is 4.99 Å². The molecular formula is C14H20N2O3S2. The van der Waals surface area contributed by atoms with Crippen LogP contribution in [0.2, 0.25) is 0 Å². The van der Waals surface area contributed by atoms with E-state index in [1.807, 2.05) is 11.9 Å². The molecule has 1 saturated heterocycles. The first kappa shape index (κ1) is 16.4. The maximum Gasteiger partial charge on any atom is 0.179 e. The lowest BCUT2D eigenvalue weighted by molar-refractivity contribution is 0.162. The summed E-state index contributed by atoms with van der Waals surface area (Å²) in [4.78, 5) is 2.62. The molecule has 7 heteroatoms. The Morgan fingerprint density at radius 2 is 2.10 bits per heavy atom. The van der Waals surface area contributed by atoms with Crippen LogP contribution in [0.15, 0.2) is 29.2 Å². The van der Waals surface area contributed by atoms with E-state index in [1.165, 1.54) is 0 Å². The molecule has 1 atom stereocenters. The predicted molar refractivity (Wildman–Crippen MR) is 86.2 cm³/mol. The van der Waals surface area contributed by atoms with Crippen LogP contribution in [-0.2, 0) is 14.6 Å². The van der Waals surface area contributed by atoms with Gasteiger partial charge in [-0.15, -0.1) is 0 Å². The second kappa shape index (κ2) is 6.83. The summed E-state index contributed by atoms with van der Waals surface area (Å²) in [6.45, 7) is 1.93. The van der Waals surface area contributed by atoms with Crippen LogP contribution in [0.3, 0.4) is 0 Å². The van der Waals surface area contributed by atoms with Crippen molar-refractivity contribution in [2.45, 2.75) is 17.4 Å². The van der Waals surface area contributed by atoms with Gasteiger partial charge in [-0.3, -0.25) is 0 Å². The standard InChI is InChI=1S/C14H20N2O3S2/c1-16(12-6-8-19-10-12)7-9-21(17,18)13-4-2-11(3-5-13)14(15)20/h2-5,12H,6-10H2,1H3,(H2,15,20). The van der Waals surface area contributed by atoms with Gasteiger partial charge in [-0.1, -0.05) is 24.4 Å². The van der Waals surface area contributed by atoms with E-state index < -0.39 is 9.84 Å². The number of benzene rings is 1. The molecule has 0 aliphatic carbocycles. The molecule has 0 amide bonds. The van der Waals surface area contributed by atoms with Crippen molar-refractivity contribution in [2.24, 2.45) is 5.73 Å². The van der Waals surface area contributed by atoms with Crippen LogP contribution in [0.4, 0.5) is 0 Å². The van der Waals surface area contributed by atoms with E-state index in [0.29, 0.717) is 29.7 Å². The zero-order valence-corrected chi connectivity index (χ0v) is 13.6. The predicted octanol–water partition coefficient (Wildman–Crippen LogP) is 0.815. The Labute approximate surface area is 131 Å². The van der Waals surface area contributed by atoms with Crippen molar-refractivity contribution in [3.63, 3.8) is 0 Å². The van der Waals surface area contributed by atoms with E-state index in [0.717, 1.165) is 13.0 Å². The molecule has 0 radical (unpaired) electrons. The molecule has 2 rings (SSSR count). The fourth-order valence-electron chi connectivity index (χ4n) is 2.26. The van der Waals surface area contributed by atoms with Crippen molar-refractivity contribution in [3.05, 3.63) is 29.8 Å². The number of ether oxygens (including phenoxy) is 1.